The van der Waals surface area contributed by atoms with Gasteiger partial charge in [0.25, 0.3) is 0 Å². The number of fused-ring (bicyclic) bond motifs is 1. The molecule has 0 amide bonds. The summed E-state index contributed by atoms with van der Waals surface area (Å²) in [6.07, 6.45) is 0. The first kappa shape index (κ1) is 22.8. The van der Waals surface area contributed by atoms with Crippen molar-refractivity contribution < 1.29 is 19.0 Å². The number of rotatable bonds is 5. The number of nitrogens with zero attached hydrogens (tertiary/aromatic N) is 3. The number of phenolic OH excluding ortho intramolecular Hbond substituents is 1. The Balaban J connectivity index is 1.59. The number of aryl methyl sites for hydroxylation is 2. The number of methoxy groups -OCH3 is 1. The van der Waals surface area contributed by atoms with Crippen LogP contribution in [0.1, 0.15) is 11.4 Å². The van der Waals surface area contributed by atoms with E-state index in [1.54, 1.807) is 6.92 Å². The number of benzene rings is 2. The number of phenols is 1. The zero-order valence-corrected chi connectivity index (χ0v) is 20.2. The normalized spacial score (nSPS) is 14.5. The molecule has 1 aliphatic heterocycles. The van der Waals surface area contributed by atoms with Gasteiger partial charge >= 0.3 is 0 Å². The molecule has 5 rings (SSSR count). The molecule has 2 aromatic carbocycles. The van der Waals surface area contributed by atoms with Gasteiger partial charge in [0.2, 0.25) is 5.75 Å². The quantitative estimate of drug-likeness (QED) is 0.445. The van der Waals surface area contributed by atoms with E-state index in [4.69, 9.17) is 13.9 Å². The lowest BCUT2D eigenvalue weighted by atomic mass is 10.1. The lowest BCUT2D eigenvalue weighted by Crippen LogP contribution is -2.44. The zero-order valence-electron chi connectivity index (χ0n) is 20.2. The van der Waals surface area contributed by atoms with Gasteiger partial charge in [-0.3, -0.25) is 9.89 Å². The minimum atomic E-state index is -0.380. The highest BCUT2D eigenvalue weighted by molar-refractivity contribution is 5.92. The van der Waals surface area contributed by atoms with Gasteiger partial charge in [-0.1, -0.05) is 0 Å². The van der Waals surface area contributed by atoms with E-state index in [0.29, 0.717) is 22.9 Å². The number of nitrogens with one attached hydrogen (secondary N) is 1. The Labute approximate surface area is 202 Å². The van der Waals surface area contributed by atoms with Crippen LogP contribution < -0.4 is 19.8 Å². The zero-order chi connectivity index (χ0) is 24.7. The molecule has 4 aromatic rings. The van der Waals surface area contributed by atoms with Gasteiger partial charge in [0, 0.05) is 49.6 Å². The summed E-state index contributed by atoms with van der Waals surface area (Å²) in [5.74, 6) is 1.06. The number of likely N-dealkylation sites (N-methyl/N-ethyl adjacent to an activating group) is 1. The van der Waals surface area contributed by atoms with E-state index in [2.05, 4.69) is 27.0 Å². The van der Waals surface area contributed by atoms with E-state index in [0.717, 1.165) is 37.4 Å². The second kappa shape index (κ2) is 8.99. The molecule has 0 radical (unpaired) electrons. The Morgan fingerprint density at radius 2 is 1.77 bits per heavy atom. The number of H-pyrrole nitrogens is 1. The fourth-order valence-corrected chi connectivity index (χ4v) is 4.35. The summed E-state index contributed by atoms with van der Waals surface area (Å²) in [5.41, 5.74) is 2.94. The predicted octanol–water partition coefficient (Wildman–Crippen LogP) is 4.06. The number of piperazine rings is 1. The van der Waals surface area contributed by atoms with E-state index in [1.807, 2.05) is 31.2 Å². The van der Waals surface area contributed by atoms with Gasteiger partial charge in [0.15, 0.2) is 22.5 Å². The van der Waals surface area contributed by atoms with Crippen LogP contribution in [0.15, 0.2) is 45.6 Å². The fraction of sp³-hybridized carbons (Fsp3) is 0.308. The Morgan fingerprint density at radius 3 is 2.40 bits per heavy atom. The molecule has 9 nitrogen and oxygen atoms in total. The van der Waals surface area contributed by atoms with E-state index < -0.39 is 0 Å². The number of aromatic nitrogens is 2. The van der Waals surface area contributed by atoms with Gasteiger partial charge in [-0.2, -0.15) is 5.10 Å². The minimum absolute atomic E-state index is 0.0254. The molecule has 0 bridgehead atoms. The van der Waals surface area contributed by atoms with Crippen LogP contribution in [0.4, 0.5) is 5.69 Å². The molecule has 1 fully saturated rings. The first-order chi connectivity index (χ1) is 16.9. The Bertz CT molecular complexity index is 1410. The molecule has 9 heteroatoms. The maximum atomic E-state index is 13.1. The third kappa shape index (κ3) is 4.19. The molecule has 1 aliphatic rings. The minimum Gasteiger partial charge on any atom is -0.507 e. The molecule has 3 heterocycles. The van der Waals surface area contributed by atoms with Crippen LogP contribution in [0.25, 0.3) is 22.3 Å². The second-order valence-electron chi connectivity index (χ2n) is 8.81. The van der Waals surface area contributed by atoms with Crippen LogP contribution in [-0.2, 0) is 0 Å². The van der Waals surface area contributed by atoms with Crippen LogP contribution in [0.3, 0.4) is 0 Å². The summed E-state index contributed by atoms with van der Waals surface area (Å²) in [6, 6.07) is 10.7. The molecular weight excluding hydrogens is 448 g/mol. The molecule has 0 saturated carbocycles. The summed E-state index contributed by atoms with van der Waals surface area (Å²) < 4.78 is 17.8. The number of ether oxygens (including phenoxy) is 2. The fourth-order valence-electron chi connectivity index (χ4n) is 4.35. The van der Waals surface area contributed by atoms with Gasteiger partial charge in [-0.25, -0.2) is 0 Å². The molecule has 0 unspecified atom stereocenters. The molecule has 0 atom stereocenters. The van der Waals surface area contributed by atoms with Crippen molar-refractivity contribution in [3.05, 3.63) is 58.0 Å². The molecule has 1 saturated heterocycles. The van der Waals surface area contributed by atoms with Crippen LogP contribution in [0.5, 0.6) is 23.0 Å². The largest absolute Gasteiger partial charge is 0.507 e. The van der Waals surface area contributed by atoms with E-state index >= 15 is 0 Å². The Hall–Kier alpha value is -3.98. The number of hydrogen-bond donors (Lipinski definition) is 2. The van der Waals surface area contributed by atoms with Crippen LogP contribution in [0, 0.1) is 13.8 Å². The molecular formula is C26H28N4O5. The van der Waals surface area contributed by atoms with Crippen molar-refractivity contribution in [2.45, 2.75) is 13.8 Å². The number of aromatic hydroxyl groups is 1. The average molecular weight is 477 g/mol. The summed E-state index contributed by atoms with van der Waals surface area (Å²) in [5, 5.41) is 17.6. The van der Waals surface area contributed by atoms with Crippen LogP contribution in [0.2, 0.25) is 0 Å². The summed E-state index contributed by atoms with van der Waals surface area (Å²) >= 11 is 0. The summed E-state index contributed by atoms with van der Waals surface area (Å²) in [6.45, 7) is 7.60. The summed E-state index contributed by atoms with van der Waals surface area (Å²) in [7, 11) is 3.59. The highest BCUT2D eigenvalue weighted by Crippen LogP contribution is 2.44. The van der Waals surface area contributed by atoms with Crippen LogP contribution >= 0.6 is 0 Å². The van der Waals surface area contributed by atoms with Crippen molar-refractivity contribution >= 4 is 16.7 Å². The second-order valence-corrected chi connectivity index (χ2v) is 8.81. The lowest BCUT2D eigenvalue weighted by Gasteiger charge is -2.34. The maximum Gasteiger partial charge on any atom is 0.212 e. The maximum absolute atomic E-state index is 13.1. The monoisotopic (exact) mass is 476 g/mol. The standard InChI is InChI=1S/C26H28N4O5/c1-15-24(16(2)28-27-15)35-25-22(33-4)14-20(32)23-19(31)13-21(34-26(23)25)17-5-7-18(8-6-17)30-11-9-29(3)10-12-30/h5-8,13-14,32H,9-12H2,1-4H3,(H,27,28). The smallest absolute Gasteiger partial charge is 0.212 e. The number of aromatic amines is 1. The van der Waals surface area contributed by atoms with Crippen LogP contribution in [-0.4, -0.2) is 60.5 Å². The van der Waals surface area contributed by atoms with Gasteiger partial charge in [0.1, 0.15) is 22.6 Å². The first-order valence-corrected chi connectivity index (χ1v) is 11.5. The molecule has 0 spiro atoms. The molecule has 2 aromatic heterocycles. The van der Waals surface area contributed by atoms with Crippen molar-refractivity contribution in [1.29, 1.82) is 0 Å². The van der Waals surface area contributed by atoms with Crippen molar-refractivity contribution in [2.75, 3.05) is 45.2 Å². The third-order valence-corrected chi connectivity index (χ3v) is 6.41. The van der Waals surface area contributed by atoms with Gasteiger partial charge < -0.3 is 28.8 Å². The number of hydrogen-bond acceptors (Lipinski definition) is 8. The topological polar surface area (TPSA) is 104 Å². The molecule has 0 aliphatic carbocycles. The Kier molecular flexibility index (Phi) is 5.86. The highest BCUT2D eigenvalue weighted by Gasteiger charge is 2.23. The van der Waals surface area contributed by atoms with Crippen molar-refractivity contribution in [3.8, 4) is 34.3 Å². The van der Waals surface area contributed by atoms with Crippen molar-refractivity contribution in [3.63, 3.8) is 0 Å². The average Bonchev–Trinajstić information content (AvgIpc) is 3.17. The molecule has 35 heavy (non-hydrogen) atoms. The summed E-state index contributed by atoms with van der Waals surface area (Å²) in [4.78, 5) is 17.7. The van der Waals surface area contributed by atoms with E-state index in [9.17, 15) is 9.90 Å². The van der Waals surface area contributed by atoms with Gasteiger partial charge in [0.05, 0.1) is 12.8 Å². The predicted molar refractivity (Wildman–Crippen MR) is 134 cm³/mol. The first-order valence-electron chi connectivity index (χ1n) is 11.5. The third-order valence-electron chi connectivity index (χ3n) is 6.41. The van der Waals surface area contributed by atoms with Gasteiger partial charge in [-0.05, 0) is 45.2 Å². The van der Waals surface area contributed by atoms with E-state index in [-0.39, 0.29) is 33.6 Å². The lowest BCUT2D eigenvalue weighted by molar-refractivity contribution is 0.313. The Morgan fingerprint density at radius 1 is 1.06 bits per heavy atom. The van der Waals surface area contributed by atoms with Crippen molar-refractivity contribution in [2.24, 2.45) is 0 Å². The SMILES string of the molecule is COc1cc(O)c2c(=O)cc(-c3ccc(N4CCN(C)CC4)cc3)oc2c1Oc1c(C)n[nH]c1C. The highest BCUT2D eigenvalue weighted by atomic mass is 16.5. The molecule has 2 N–H and O–H groups in total. The van der Waals surface area contributed by atoms with E-state index in [1.165, 1.54) is 19.2 Å². The molecule has 182 valence electrons. The number of anilines is 1. The van der Waals surface area contributed by atoms with Gasteiger partial charge in [-0.15, -0.1) is 0 Å². The van der Waals surface area contributed by atoms with Crippen molar-refractivity contribution in [1.82, 2.24) is 15.1 Å².